The monoisotopic (exact) mass is 1090 g/mol. The number of anilines is 6. The highest BCUT2D eigenvalue weighted by molar-refractivity contribution is 6.04. The van der Waals surface area contributed by atoms with Crippen LogP contribution in [0.5, 0.6) is 11.8 Å². The molecule has 6 aromatic rings. The molecule has 78 heavy (non-hydrogen) atoms. The fraction of sp³-hybridized carbons (Fsp3) is 0.415. The highest BCUT2D eigenvalue weighted by Crippen LogP contribution is 2.41. The molecule has 4 atom stereocenters. The number of nitrogens with zero attached hydrogens (tertiary/aromatic N) is 9. The van der Waals surface area contributed by atoms with Gasteiger partial charge in [-0.3, -0.25) is 4.90 Å². The number of carbonyl (C=O) groups is 1. The molecule has 0 aliphatic carbocycles. The number of benzene rings is 2. The number of urea groups is 1. The molecule has 12 rings (SSSR count). The lowest BCUT2D eigenvalue weighted by molar-refractivity contribution is -0.142. The van der Waals surface area contributed by atoms with Gasteiger partial charge in [0.2, 0.25) is 11.8 Å². The Morgan fingerprint density at radius 3 is 1.87 bits per heavy atom. The van der Waals surface area contributed by atoms with Gasteiger partial charge in [-0.25, -0.2) is 34.7 Å². The van der Waals surface area contributed by atoms with E-state index in [4.69, 9.17) is 34.2 Å². The second-order valence-electron chi connectivity index (χ2n) is 20.1. The summed E-state index contributed by atoms with van der Waals surface area (Å²) >= 11 is 0. The molecule has 4 aromatic heterocycles. The SMILES string of the molecule is CC1(C)OC[C@H](COc2cc(N)ccn2)O1.CC1(C)OC[C@H](COc2cc(NC(=O)N3c4nc(-c5cccc(C(F)(F)F)c5)ncc4N4CC[C@H]3C4)ccn2)O1.FC(F)(F)c1cccc(-c2ncc3c(n2)N[C@H]2CCN3C2)c1. The van der Waals surface area contributed by atoms with Crippen molar-refractivity contribution in [2.45, 2.75) is 88.8 Å². The van der Waals surface area contributed by atoms with Gasteiger partial charge in [-0.1, -0.05) is 24.3 Å². The van der Waals surface area contributed by atoms with E-state index in [9.17, 15) is 31.1 Å². The lowest BCUT2D eigenvalue weighted by Crippen LogP contribution is -2.48. The van der Waals surface area contributed by atoms with Gasteiger partial charge >= 0.3 is 18.4 Å². The molecule has 0 spiro atoms. The molecule has 6 aliphatic heterocycles. The van der Waals surface area contributed by atoms with E-state index in [2.05, 4.69) is 50.3 Å². The molecule has 0 radical (unpaired) electrons. The number of aromatic nitrogens is 6. The number of fused-ring (bicyclic) bond motifs is 8. The molecule has 0 saturated carbocycles. The van der Waals surface area contributed by atoms with Crippen molar-refractivity contribution in [3.63, 3.8) is 0 Å². The number of nitrogen functional groups attached to an aromatic ring is 1. The van der Waals surface area contributed by atoms with Crippen LogP contribution in [0.15, 0.2) is 97.6 Å². The highest BCUT2D eigenvalue weighted by atomic mass is 19.4. The van der Waals surface area contributed by atoms with Gasteiger partial charge in [0.05, 0.1) is 54.2 Å². The van der Waals surface area contributed by atoms with Gasteiger partial charge in [-0.15, -0.1) is 0 Å². The third-order valence-electron chi connectivity index (χ3n) is 13.3. The van der Waals surface area contributed by atoms with Gasteiger partial charge in [-0.2, -0.15) is 26.3 Å². The Bertz CT molecular complexity index is 3130. The van der Waals surface area contributed by atoms with E-state index in [0.717, 1.165) is 49.5 Å². The predicted octanol–water partition coefficient (Wildman–Crippen LogP) is 9.08. The fourth-order valence-corrected chi connectivity index (χ4v) is 9.62. The molecule has 25 heteroatoms. The number of amides is 2. The van der Waals surface area contributed by atoms with Crippen molar-refractivity contribution < 1.29 is 59.6 Å². The predicted molar refractivity (Wildman–Crippen MR) is 275 cm³/mol. The third-order valence-corrected chi connectivity index (χ3v) is 13.3. The van der Waals surface area contributed by atoms with Crippen molar-refractivity contribution in [3.8, 4) is 34.5 Å². The average Bonchev–Trinajstić information content (AvgIpc) is 4.21. The first-order valence-electron chi connectivity index (χ1n) is 25.1. The summed E-state index contributed by atoms with van der Waals surface area (Å²) in [5.74, 6) is 1.10. The summed E-state index contributed by atoms with van der Waals surface area (Å²) in [6.07, 6.45) is -1.02. The largest absolute Gasteiger partial charge is 0.475 e. The van der Waals surface area contributed by atoms with Crippen molar-refractivity contribution in [1.29, 1.82) is 0 Å². The Balaban J connectivity index is 0.000000151. The number of rotatable bonds is 9. The van der Waals surface area contributed by atoms with Crippen molar-refractivity contribution in [2.24, 2.45) is 0 Å². The summed E-state index contributed by atoms with van der Waals surface area (Å²) in [5, 5.41) is 6.22. The molecule has 2 amide bonds. The van der Waals surface area contributed by atoms with Crippen LogP contribution in [0.1, 0.15) is 51.7 Å². The smallest absolute Gasteiger partial charge is 0.416 e. The van der Waals surface area contributed by atoms with Crippen molar-refractivity contribution in [3.05, 3.63) is 109 Å². The minimum absolute atomic E-state index is 0.0572. The number of nitrogens with one attached hydrogen (secondary N) is 2. The summed E-state index contributed by atoms with van der Waals surface area (Å²) in [4.78, 5) is 45.2. The molecular weight excluding hydrogens is 1030 g/mol. The first-order chi connectivity index (χ1) is 37.1. The highest BCUT2D eigenvalue weighted by Gasteiger charge is 2.42. The third kappa shape index (κ3) is 12.7. The van der Waals surface area contributed by atoms with Crippen LogP contribution < -0.4 is 40.5 Å². The molecule has 4 fully saturated rings. The first-order valence-corrected chi connectivity index (χ1v) is 25.1. The first kappa shape index (κ1) is 53.8. The van der Waals surface area contributed by atoms with Gasteiger partial charge < -0.3 is 54.6 Å². The lowest BCUT2D eigenvalue weighted by atomic mass is 10.1. The van der Waals surface area contributed by atoms with Crippen LogP contribution >= 0.6 is 0 Å². The Morgan fingerprint density at radius 1 is 0.718 bits per heavy atom. The zero-order valence-electron chi connectivity index (χ0n) is 42.8. The van der Waals surface area contributed by atoms with Crippen molar-refractivity contribution in [1.82, 2.24) is 29.9 Å². The van der Waals surface area contributed by atoms with Gasteiger partial charge in [0, 0.05) is 79.2 Å². The summed E-state index contributed by atoms with van der Waals surface area (Å²) in [6, 6.07) is 16.4. The maximum Gasteiger partial charge on any atom is 0.416 e. The van der Waals surface area contributed by atoms with Crippen molar-refractivity contribution >= 4 is 40.4 Å². The summed E-state index contributed by atoms with van der Waals surface area (Å²) < 4.78 is 112. The number of alkyl halides is 6. The topological polar surface area (TPSA) is 210 Å². The van der Waals surface area contributed by atoms with Crippen LogP contribution in [0.3, 0.4) is 0 Å². The van der Waals surface area contributed by atoms with E-state index in [0.29, 0.717) is 97.2 Å². The second-order valence-corrected chi connectivity index (χ2v) is 20.1. The zero-order valence-corrected chi connectivity index (χ0v) is 42.8. The number of ether oxygens (including phenoxy) is 6. The van der Waals surface area contributed by atoms with Gasteiger partial charge in [0.15, 0.2) is 34.9 Å². The van der Waals surface area contributed by atoms with Crippen LogP contribution in [0, 0.1) is 0 Å². The van der Waals surface area contributed by atoms with Gasteiger partial charge in [-0.05, 0) is 76.9 Å². The molecule has 10 heterocycles. The molecule has 4 bridgehead atoms. The second kappa shape index (κ2) is 21.7. The van der Waals surface area contributed by atoms with E-state index < -0.39 is 41.1 Å². The number of nitrogens with two attached hydrogens (primary N) is 1. The number of carbonyl (C=O) groups excluding carboxylic acids is 1. The Kier molecular flexibility index (Phi) is 14.9. The van der Waals surface area contributed by atoms with Crippen LogP contribution in [0.4, 0.5) is 65.5 Å². The summed E-state index contributed by atoms with van der Waals surface area (Å²) in [6.45, 7) is 12.2. The normalized spacial score (nSPS) is 21.3. The van der Waals surface area contributed by atoms with Gasteiger partial charge in [0.25, 0.3) is 0 Å². The average molecular weight is 1090 g/mol. The van der Waals surface area contributed by atoms with E-state index in [1.165, 1.54) is 24.4 Å². The Morgan fingerprint density at radius 2 is 1.28 bits per heavy atom. The maximum absolute atomic E-state index is 13.6. The number of halogens is 6. The van der Waals surface area contributed by atoms with E-state index in [-0.39, 0.29) is 36.2 Å². The van der Waals surface area contributed by atoms with E-state index >= 15 is 0 Å². The maximum atomic E-state index is 13.6. The molecule has 2 aromatic carbocycles. The van der Waals surface area contributed by atoms with E-state index in [1.54, 1.807) is 53.8 Å². The fourth-order valence-electron chi connectivity index (χ4n) is 9.62. The molecule has 4 N–H and O–H groups in total. The van der Waals surface area contributed by atoms with Crippen molar-refractivity contribution in [2.75, 3.05) is 83.7 Å². The zero-order chi connectivity index (χ0) is 55.0. The number of hydrogen-bond acceptors (Lipinski definition) is 17. The lowest BCUT2D eigenvalue weighted by Gasteiger charge is -2.35. The van der Waals surface area contributed by atoms with Crippen LogP contribution in [-0.2, 0) is 31.3 Å². The molecule has 6 aliphatic rings. The molecule has 0 unspecified atom stereocenters. The van der Waals surface area contributed by atoms with Gasteiger partial charge in [0.1, 0.15) is 25.4 Å². The molecule has 19 nitrogen and oxygen atoms in total. The number of hydrogen-bond donors (Lipinski definition) is 3. The standard InChI is InChI=1S/C27H27F3N6O4.C15H13F3N4.C11H16N2O3/c1-26(2)39-15-20(40-26)14-38-22-11-18(6-8-31-22)33-25(37)36-19-7-9-35(13-19)21-12-32-23(34-24(21)36)16-4-3-5-17(10-16)27(28,29)30;16-15(17,18)10-3-1-2-9(6-10)13-19-7-12-14(21-13)20-11-4-5-22(12)8-11;1-11(2)15-7-9(16-11)6-14-10-5-8(12)3-4-13-10/h3-6,8,10-12,19-20H,7,9,13-15H2,1-2H3,(H,31,33,37);1-3,6-7,11H,4-5,8H2,(H,19,20,21);3-5,9H,6-7H2,1-2H3,(H2,12,13)/t19-,20-;11-;9-/m000/s1. The summed E-state index contributed by atoms with van der Waals surface area (Å²) in [7, 11) is 0. The molecule has 4 saturated heterocycles. The van der Waals surface area contributed by atoms with Crippen LogP contribution in [0.2, 0.25) is 0 Å². The number of pyridine rings is 2. The Hall–Kier alpha value is -7.61. The van der Waals surface area contributed by atoms with E-state index in [1.807, 2.05) is 27.7 Å². The molecular formula is C53H56F6N12O7. The Labute approximate surface area is 444 Å². The van der Waals surface area contributed by atoms with Crippen LogP contribution in [0.25, 0.3) is 22.8 Å². The quantitative estimate of drug-likeness (QED) is 0.115. The molecule has 412 valence electrons. The van der Waals surface area contributed by atoms with Crippen LogP contribution in [-0.4, -0.2) is 124 Å². The minimum Gasteiger partial charge on any atom is -0.475 e. The minimum atomic E-state index is -4.50. The summed E-state index contributed by atoms with van der Waals surface area (Å²) in [5.41, 5.74) is 7.37.